The van der Waals surface area contributed by atoms with E-state index >= 15 is 0 Å². The standard InChI is InChI=1S/C12H12F3NO/c13-12(14,15)7-3-4-8-9(5-7)17-11(10(8)16)6-1-2-6/h3-6,10-11H,1-2,16H2/t10?,11-/m0/s1. The Labute approximate surface area is 96.6 Å². The largest absolute Gasteiger partial charge is 0.488 e. The fraction of sp³-hybridized carbons (Fsp3) is 0.500. The molecule has 5 heteroatoms. The summed E-state index contributed by atoms with van der Waals surface area (Å²) in [6, 6.07) is 3.26. The third-order valence-corrected chi connectivity index (χ3v) is 3.40. The number of benzene rings is 1. The van der Waals surface area contributed by atoms with Crippen LogP contribution in [0.15, 0.2) is 18.2 Å². The molecule has 1 aromatic rings. The van der Waals surface area contributed by atoms with E-state index in [1.807, 2.05) is 0 Å². The van der Waals surface area contributed by atoms with Crippen LogP contribution in [0.25, 0.3) is 0 Å². The van der Waals surface area contributed by atoms with Crippen molar-refractivity contribution >= 4 is 0 Å². The summed E-state index contributed by atoms with van der Waals surface area (Å²) in [5.41, 5.74) is 5.99. The van der Waals surface area contributed by atoms with Gasteiger partial charge in [-0.25, -0.2) is 0 Å². The van der Waals surface area contributed by atoms with E-state index in [0.717, 1.165) is 25.0 Å². The molecular weight excluding hydrogens is 231 g/mol. The van der Waals surface area contributed by atoms with E-state index in [4.69, 9.17) is 10.5 Å². The Hall–Kier alpha value is -1.23. The molecule has 0 amide bonds. The van der Waals surface area contributed by atoms with Crippen molar-refractivity contribution < 1.29 is 17.9 Å². The molecule has 1 aliphatic carbocycles. The van der Waals surface area contributed by atoms with Crippen LogP contribution in [0, 0.1) is 5.92 Å². The van der Waals surface area contributed by atoms with Crippen LogP contribution in [-0.2, 0) is 6.18 Å². The van der Waals surface area contributed by atoms with Crippen LogP contribution in [0.5, 0.6) is 5.75 Å². The van der Waals surface area contributed by atoms with Gasteiger partial charge in [0.25, 0.3) is 0 Å². The lowest BCUT2D eigenvalue weighted by molar-refractivity contribution is -0.137. The van der Waals surface area contributed by atoms with Gasteiger partial charge in [-0.3, -0.25) is 0 Å². The average molecular weight is 243 g/mol. The van der Waals surface area contributed by atoms with Gasteiger partial charge in [0.1, 0.15) is 11.9 Å². The molecule has 1 heterocycles. The van der Waals surface area contributed by atoms with Crippen LogP contribution in [0.4, 0.5) is 13.2 Å². The lowest BCUT2D eigenvalue weighted by Crippen LogP contribution is -2.27. The first kappa shape index (κ1) is 10.9. The smallest absolute Gasteiger partial charge is 0.416 e. The molecule has 2 N–H and O–H groups in total. The van der Waals surface area contributed by atoms with Gasteiger partial charge >= 0.3 is 6.18 Å². The molecule has 1 aromatic carbocycles. The minimum Gasteiger partial charge on any atom is -0.488 e. The van der Waals surface area contributed by atoms with Crippen molar-refractivity contribution in [1.82, 2.24) is 0 Å². The first-order chi connectivity index (χ1) is 7.97. The number of ether oxygens (including phenoxy) is 1. The van der Waals surface area contributed by atoms with Crippen molar-refractivity contribution in [3.8, 4) is 5.75 Å². The lowest BCUT2D eigenvalue weighted by Gasteiger charge is -2.13. The van der Waals surface area contributed by atoms with Gasteiger partial charge in [0, 0.05) is 5.56 Å². The summed E-state index contributed by atoms with van der Waals surface area (Å²) in [6.07, 6.45) is -2.37. The number of rotatable bonds is 1. The monoisotopic (exact) mass is 243 g/mol. The van der Waals surface area contributed by atoms with E-state index in [1.165, 1.54) is 6.07 Å². The lowest BCUT2D eigenvalue weighted by atomic mass is 10.0. The maximum absolute atomic E-state index is 12.5. The Morgan fingerprint density at radius 1 is 1.24 bits per heavy atom. The third kappa shape index (κ3) is 1.78. The molecule has 2 atom stereocenters. The summed E-state index contributed by atoms with van der Waals surface area (Å²) in [7, 11) is 0. The van der Waals surface area contributed by atoms with Crippen molar-refractivity contribution in [3.63, 3.8) is 0 Å². The summed E-state index contributed by atoms with van der Waals surface area (Å²) in [5.74, 6) is 0.705. The van der Waals surface area contributed by atoms with E-state index in [1.54, 1.807) is 0 Å². The van der Waals surface area contributed by atoms with Gasteiger partial charge in [-0.1, -0.05) is 6.07 Å². The van der Waals surface area contributed by atoms with Gasteiger partial charge in [-0.2, -0.15) is 13.2 Å². The van der Waals surface area contributed by atoms with Crippen molar-refractivity contribution in [2.75, 3.05) is 0 Å². The number of fused-ring (bicyclic) bond motifs is 1. The van der Waals surface area contributed by atoms with Crippen LogP contribution in [-0.4, -0.2) is 6.10 Å². The molecule has 17 heavy (non-hydrogen) atoms. The molecule has 0 saturated heterocycles. The second-order valence-corrected chi connectivity index (χ2v) is 4.70. The summed E-state index contributed by atoms with van der Waals surface area (Å²) in [5, 5.41) is 0. The number of halogens is 3. The molecule has 1 unspecified atom stereocenters. The number of hydrogen-bond donors (Lipinski definition) is 1. The Kier molecular flexibility index (Phi) is 2.17. The fourth-order valence-electron chi connectivity index (χ4n) is 2.30. The highest BCUT2D eigenvalue weighted by Crippen LogP contribution is 2.47. The summed E-state index contributed by atoms with van der Waals surface area (Å²) < 4.78 is 43.2. The number of alkyl halides is 3. The topological polar surface area (TPSA) is 35.2 Å². The van der Waals surface area contributed by atoms with Crippen LogP contribution in [0.1, 0.15) is 30.0 Å². The van der Waals surface area contributed by atoms with Crippen molar-refractivity contribution in [1.29, 1.82) is 0 Å². The van der Waals surface area contributed by atoms with Gasteiger partial charge in [-0.15, -0.1) is 0 Å². The fourth-order valence-corrected chi connectivity index (χ4v) is 2.30. The van der Waals surface area contributed by atoms with Gasteiger partial charge in [0.05, 0.1) is 11.6 Å². The molecule has 3 rings (SSSR count). The van der Waals surface area contributed by atoms with E-state index in [0.29, 0.717) is 17.2 Å². The Morgan fingerprint density at radius 3 is 2.53 bits per heavy atom. The first-order valence-electron chi connectivity index (χ1n) is 5.60. The van der Waals surface area contributed by atoms with Gasteiger partial charge in [0.2, 0.25) is 0 Å². The third-order valence-electron chi connectivity index (χ3n) is 3.40. The molecule has 0 spiro atoms. The maximum atomic E-state index is 12.5. The molecule has 2 nitrogen and oxygen atoms in total. The van der Waals surface area contributed by atoms with E-state index in [-0.39, 0.29) is 12.1 Å². The molecule has 1 fully saturated rings. The van der Waals surface area contributed by atoms with Crippen LogP contribution >= 0.6 is 0 Å². The molecular formula is C12H12F3NO. The van der Waals surface area contributed by atoms with Gasteiger partial charge in [0.15, 0.2) is 0 Å². The Morgan fingerprint density at radius 2 is 1.94 bits per heavy atom. The molecule has 1 aliphatic heterocycles. The molecule has 0 radical (unpaired) electrons. The Bertz CT molecular complexity index is 454. The van der Waals surface area contributed by atoms with Crippen molar-refractivity contribution in [2.45, 2.75) is 31.2 Å². The quantitative estimate of drug-likeness (QED) is 0.823. The van der Waals surface area contributed by atoms with Crippen LogP contribution < -0.4 is 10.5 Å². The van der Waals surface area contributed by atoms with Crippen LogP contribution in [0.2, 0.25) is 0 Å². The summed E-state index contributed by atoms with van der Waals surface area (Å²) in [4.78, 5) is 0. The maximum Gasteiger partial charge on any atom is 0.416 e. The second-order valence-electron chi connectivity index (χ2n) is 4.70. The highest BCUT2D eigenvalue weighted by atomic mass is 19.4. The normalized spacial score (nSPS) is 27.8. The van der Waals surface area contributed by atoms with E-state index in [2.05, 4.69) is 0 Å². The highest BCUT2D eigenvalue weighted by molar-refractivity contribution is 5.44. The second kappa shape index (κ2) is 3.38. The van der Waals surface area contributed by atoms with Gasteiger partial charge in [-0.05, 0) is 30.9 Å². The van der Waals surface area contributed by atoms with Crippen molar-refractivity contribution in [2.24, 2.45) is 11.7 Å². The average Bonchev–Trinajstić information content (AvgIpc) is 3.03. The number of hydrogen-bond acceptors (Lipinski definition) is 2. The molecule has 92 valence electrons. The highest BCUT2D eigenvalue weighted by Gasteiger charge is 2.43. The van der Waals surface area contributed by atoms with E-state index in [9.17, 15) is 13.2 Å². The van der Waals surface area contributed by atoms with Crippen LogP contribution in [0.3, 0.4) is 0 Å². The summed E-state index contributed by atoms with van der Waals surface area (Å²) >= 11 is 0. The zero-order chi connectivity index (χ0) is 12.2. The Balaban J connectivity index is 1.94. The predicted octanol–water partition coefficient (Wildman–Crippen LogP) is 2.88. The van der Waals surface area contributed by atoms with Gasteiger partial charge < -0.3 is 10.5 Å². The molecule has 0 bridgehead atoms. The minimum atomic E-state index is -4.33. The first-order valence-corrected chi connectivity index (χ1v) is 5.60. The predicted molar refractivity (Wildman–Crippen MR) is 55.5 cm³/mol. The van der Waals surface area contributed by atoms with E-state index < -0.39 is 11.7 Å². The molecule has 0 aromatic heterocycles. The SMILES string of the molecule is NC1c2ccc(C(F)(F)F)cc2O[C@H]1C1CC1. The minimum absolute atomic E-state index is 0.145. The molecule has 2 aliphatic rings. The zero-order valence-corrected chi connectivity index (χ0v) is 9.00. The zero-order valence-electron chi connectivity index (χ0n) is 9.00. The van der Waals surface area contributed by atoms with Crippen molar-refractivity contribution in [3.05, 3.63) is 29.3 Å². The molecule has 1 saturated carbocycles. The summed E-state index contributed by atoms with van der Waals surface area (Å²) in [6.45, 7) is 0. The number of nitrogens with two attached hydrogens (primary N) is 1.